The van der Waals surface area contributed by atoms with Crippen LogP contribution in [0.15, 0.2) is 53.6 Å². The number of halogens is 1. The van der Waals surface area contributed by atoms with Crippen LogP contribution in [0.25, 0.3) is 0 Å². The fourth-order valence-corrected chi connectivity index (χ4v) is 5.45. The molecule has 37 heavy (non-hydrogen) atoms. The summed E-state index contributed by atoms with van der Waals surface area (Å²) in [6.45, 7) is 0. The van der Waals surface area contributed by atoms with E-state index < -0.39 is 29.7 Å². The summed E-state index contributed by atoms with van der Waals surface area (Å²) in [7, 11) is 0. The lowest BCUT2D eigenvalue weighted by molar-refractivity contribution is -0.141. The normalized spacial score (nSPS) is 24.9. The van der Waals surface area contributed by atoms with Crippen LogP contribution >= 0.6 is 11.6 Å². The number of fused-ring (bicyclic) bond motifs is 2. The maximum Gasteiger partial charge on any atom is 0.331 e. The highest BCUT2D eigenvalue weighted by atomic mass is 35.5. The molecule has 1 saturated heterocycles. The molecule has 11 heteroatoms. The molecular formula is C26H24ClN5O5. The zero-order valence-electron chi connectivity index (χ0n) is 19.6. The molecule has 3 aliphatic rings. The van der Waals surface area contributed by atoms with E-state index in [1.807, 2.05) is 0 Å². The zero-order valence-corrected chi connectivity index (χ0v) is 20.4. The summed E-state index contributed by atoms with van der Waals surface area (Å²) in [5, 5.41) is 9.28. The first kappa shape index (κ1) is 24.6. The third kappa shape index (κ3) is 5.10. The maximum atomic E-state index is 13.0. The number of anilines is 1. The zero-order chi connectivity index (χ0) is 26.1. The molecule has 2 aliphatic carbocycles. The van der Waals surface area contributed by atoms with Crippen molar-refractivity contribution in [1.82, 2.24) is 15.6 Å². The van der Waals surface area contributed by atoms with E-state index in [1.54, 1.807) is 36.4 Å². The number of nitrogens with zero attached hydrogens (tertiary/aromatic N) is 2. The lowest BCUT2D eigenvalue weighted by Gasteiger charge is -2.36. The van der Waals surface area contributed by atoms with Gasteiger partial charge in [0, 0.05) is 34.1 Å². The third-order valence-corrected chi connectivity index (χ3v) is 7.42. The summed E-state index contributed by atoms with van der Waals surface area (Å²) in [5.41, 5.74) is 3.46. The SMILES string of the molecule is O=C(N/N=C\[C@@H]1C(=O)NC(=O)N([C@H]2C[C@H]3CC[C@H]2C3)C1=O)c1ccc(NC(=O)c2ccc(Cl)cc2)cc1. The largest absolute Gasteiger partial charge is 0.331 e. The van der Waals surface area contributed by atoms with Crippen LogP contribution in [0.4, 0.5) is 10.5 Å². The Morgan fingerprint density at radius 3 is 2.27 bits per heavy atom. The third-order valence-electron chi connectivity index (χ3n) is 7.17. The molecule has 2 aromatic rings. The molecule has 0 aromatic heterocycles. The number of urea groups is 1. The van der Waals surface area contributed by atoms with Gasteiger partial charge in [0.1, 0.15) is 0 Å². The highest BCUT2D eigenvalue weighted by Crippen LogP contribution is 2.47. The van der Waals surface area contributed by atoms with Crippen molar-refractivity contribution in [1.29, 1.82) is 0 Å². The quantitative estimate of drug-likeness (QED) is 0.304. The summed E-state index contributed by atoms with van der Waals surface area (Å²) in [5.74, 6) is -2.81. The average molecular weight is 522 g/mol. The van der Waals surface area contributed by atoms with E-state index in [9.17, 15) is 24.0 Å². The maximum absolute atomic E-state index is 13.0. The molecule has 0 spiro atoms. The fourth-order valence-electron chi connectivity index (χ4n) is 5.32. The van der Waals surface area contributed by atoms with E-state index in [2.05, 4.69) is 21.2 Å². The lowest BCUT2D eigenvalue weighted by atomic mass is 9.92. The van der Waals surface area contributed by atoms with Gasteiger partial charge in [0.05, 0.1) is 0 Å². The van der Waals surface area contributed by atoms with Crippen LogP contribution in [0.5, 0.6) is 0 Å². The number of carbonyl (C=O) groups is 5. The van der Waals surface area contributed by atoms with E-state index in [1.165, 1.54) is 17.0 Å². The van der Waals surface area contributed by atoms with E-state index in [0.717, 1.165) is 31.9 Å². The first-order valence-electron chi connectivity index (χ1n) is 12.0. The number of hydrogen-bond donors (Lipinski definition) is 3. The first-order valence-corrected chi connectivity index (χ1v) is 12.4. The lowest BCUT2D eigenvalue weighted by Crippen LogP contribution is -2.62. The second-order valence-electron chi connectivity index (χ2n) is 9.48. The molecule has 5 rings (SSSR count). The molecule has 0 radical (unpaired) electrons. The van der Waals surface area contributed by atoms with E-state index in [-0.39, 0.29) is 23.4 Å². The summed E-state index contributed by atoms with van der Waals surface area (Å²) >= 11 is 5.84. The topological polar surface area (TPSA) is 137 Å². The highest BCUT2D eigenvalue weighted by Gasteiger charge is 2.50. The number of barbiturate groups is 1. The molecule has 1 aliphatic heterocycles. The van der Waals surface area contributed by atoms with Gasteiger partial charge in [0.15, 0.2) is 5.92 Å². The first-order chi connectivity index (χ1) is 17.8. The van der Waals surface area contributed by atoms with E-state index in [4.69, 9.17) is 11.6 Å². The van der Waals surface area contributed by atoms with Gasteiger partial charge in [0.25, 0.3) is 11.8 Å². The summed E-state index contributed by atoms with van der Waals surface area (Å²) < 4.78 is 0. The van der Waals surface area contributed by atoms with Crippen molar-refractivity contribution in [2.75, 3.05) is 5.32 Å². The molecule has 2 saturated carbocycles. The number of rotatable bonds is 6. The van der Waals surface area contributed by atoms with Gasteiger partial charge in [0.2, 0.25) is 11.8 Å². The molecule has 2 aromatic carbocycles. The molecular weight excluding hydrogens is 498 g/mol. The van der Waals surface area contributed by atoms with Gasteiger partial charge < -0.3 is 5.32 Å². The van der Waals surface area contributed by atoms with Gasteiger partial charge in [-0.15, -0.1) is 0 Å². The fraction of sp³-hybridized carbons (Fsp3) is 0.308. The number of nitrogens with one attached hydrogen (secondary N) is 3. The van der Waals surface area contributed by atoms with Gasteiger partial charge in [-0.3, -0.25) is 29.4 Å². The van der Waals surface area contributed by atoms with Crippen molar-refractivity contribution in [2.24, 2.45) is 22.9 Å². The Bertz CT molecular complexity index is 1290. The molecule has 2 bridgehead atoms. The predicted octanol–water partition coefficient (Wildman–Crippen LogP) is 3.19. The Balaban J connectivity index is 1.18. The Hall–Kier alpha value is -4.05. The Kier molecular flexibility index (Phi) is 6.75. The van der Waals surface area contributed by atoms with Crippen LogP contribution in [0.2, 0.25) is 5.02 Å². The molecule has 3 N–H and O–H groups in total. The number of carbonyl (C=O) groups excluding carboxylic acids is 5. The van der Waals surface area contributed by atoms with E-state index >= 15 is 0 Å². The molecule has 1 heterocycles. The standard InChI is InChI=1S/C26H24ClN5O5/c27-18-7-3-15(4-8-18)22(33)29-19-9-5-16(6-10-19)23(34)31-28-13-20-24(35)30-26(37)32(25(20)36)21-12-14-1-2-17(21)11-14/h3-10,13-14,17,20-21H,1-2,11-12H2,(H,29,33)(H,31,34)(H,30,35,37)/b28-13-/t14-,17-,20+,21-/m0/s1. The number of imide groups is 2. The van der Waals surface area contributed by atoms with Crippen LogP contribution < -0.4 is 16.1 Å². The minimum absolute atomic E-state index is 0.205. The summed E-state index contributed by atoms with van der Waals surface area (Å²) in [6, 6.07) is 11.6. The summed E-state index contributed by atoms with van der Waals surface area (Å²) in [4.78, 5) is 63.7. The molecule has 4 atom stereocenters. The number of benzene rings is 2. The van der Waals surface area contributed by atoms with Gasteiger partial charge in [-0.25, -0.2) is 10.2 Å². The van der Waals surface area contributed by atoms with Crippen molar-refractivity contribution < 1.29 is 24.0 Å². The molecule has 10 nitrogen and oxygen atoms in total. The smallest absolute Gasteiger partial charge is 0.322 e. The van der Waals surface area contributed by atoms with Crippen LogP contribution in [-0.2, 0) is 9.59 Å². The monoisotopic (exact) mass is 521 g/mol. The second kappa shape index (κ2) is 10.1. The van der Waals surface area contributed by atoms with Crippen LogP contribution in [-0.4, -0.2) is 46.8 Å². The molecule has 3 fully saturated rings. The number of hydrazone groups is 1. The van der Waals surface area contributed by atoms with Crippen molar-refractivity contribution >= 4 is 53.2 Å². The number of hydrogen-bond acceptors (Lipinski definition) is 6. The highest BCUT2D eigenvalue weighted by molar-refractivity contribution is 6.30. The van der Waals surface area contributed by atoms with Crippen LogP contribution in [0.1, 0.15) is 46.4 Å². The minimum atomic E-state index is -1.30. The number of amides is 6. The van der Waals surface area contributed by atoms with E-state index in [0.29, 0.717) is 22.2 Å². The van der Waals surface area contributed by atoms with Gasteiger partial charge >= 0.3 is 6.03 Å². The van der Waals surface area contributed by atoms with Gasteiger partial charge in [-0.2, -0.15) is 5.10 Å². The minimum Gasteiger partial charge on any atom is -0.322 e. The average Bonchev–Trinajstić information content (AvgIpc) is 3.50. The van der Waals surface area contributed by atoms with Crippen molar-refractivity contribution in [3.63, 3.8) is 0 Å². The Labute approximate surface area is 217 Å². The Morgan fingerprint density at radius 2 is 1.62 bits per heavy atom. The van der Waals surface area contributed by atoms with Gasteiger partial charge in [-0.1, -0.05) is 18.0 Å². The molecule has 190 valence electrons. The molecule has 0 unspecified atom stereocenters. The van der Waals surface area contributed by atoms with Crippen molar-refractivity contribution in [2.45, 2.75) is 31.7 Å². The summed E-state index contributed by atoms with van der Waals surface area (Å²) in [6.07, 6.45) is 4.88. The Morgan fingerprint density at radius 1 is 0.946 bits per heavy atom. The predicted molar refractivity (Wildman–Crippen MR) is 135 cm³/mol. The van der Waals surface area contributed by atoms with Crippen LogP contribution in [0, 0.1) is 17.8 Å². The molecule has 6 amide bonds. The van der Waals surface area contributed by atoms with Crippen molar-refractivity contribution in [3.8, 4) is 0 Å². The second-order valence-corrected chi connectivity index (χ2v) is 9.92. The van der Waals surface area contributed by atoms with Gasteiger partial charge in [-0.05, 0) is 79.6 Å². The van der Waals surface area contributed by atoms with Crippen molar-refractivity contribution in [3.05, 3.63) is 64.7 Å². The van der Waals surface area contributed by atoms with Crippen LogP contribution in [0.3, 0.4) is 0 Å².